The van der Waals surface area contributed by atoms with E-state index in [2.05, 4.69) is 15.4 Å². The van der Waals surface area contributed by atoms with Gasteiger partial charge in [-0.05, 0) is 56.0 Å². The lowest BCUT2D eigenvalue weighted by molar-refractivity contribution is -0.141. The Hall–Kier alpha value is -3.27. The lowest BCUT2D eigenvalue weighted by atomic mass is 9.83. The fourth-order valence-corrected chi connectivity index (χ4v) is 3.71. The molecule has 3 aromatic rings. The number of rotatable bonds is 4. The number of aldehydes is 1. The smallest absolute Gasteiger partial charge is 0.382 e. The van der Waals surface area contributed by atoms with Gasteiger partial charge in [0.15, 0.2) is 6.29 Å². The summed E-state index contributed by atoms with van der Waals surface area (Å²) in [6.45, 7) is 0. The fraction of sp³-hybridized carbons (Fsp3) is 0.333. The standard InChI is InChI=1S/C21H19F3N4O3/c22-21(23,24)18-3-1-2-17(26-18)19(30)25-14-4-5-16-13(10-14)11-28(27-16)15-6-8-20(31,12-29)9-7-15/h1-5,10-12,15,31H,6-9H2,(H,25,30). The van der Waals surface area contributed by atoms with Crippen LogP contribution in [0.3, 0.4) is 0 Å². The number of nitrogens with zero attached hydrogens (tertiary/aromatic N) is 3. The van der Waals surface area contributed by atoms with E-state index < -0.39 is 23.4 Å². The second-order valence-electron chi connectivity index (χ2n) is 7.70. The zero-order valence-corrected chi connectivity index (χ0v) is 16.3. The third kappa shape index (κ3) is 4.43. The van der Waals surface area contributed by atoms with E-state index in [1.807, 2.05) is 6.20 Å². The summed E-state index contributed by atoms with van der Waals surface area (Å²) in [5, 5.41) is 17.9. The van der Waals surface area contributed by atoms with Crippen molar-refractivity contribution < 1.29 is 27.9 Å². The minimum absolute atomic E-state index is 0.0416. The normalized spacial score (nSPS) is 21.7. The average molecular weight is 432 g/mol. The first-order valence-electron chi connectivity index (χ1n) is 9.70. The highest BCUT2D eigenvalue weighted by molar-refractivity contribution is 6.03. The van der Waals surface area contributed by atoms with Crippen molar-refractivity contribution in [3.63, 3.8) is 0 Å². The Morgan fingerprint density at radius 1 is 1.23 bits per heavy atom. The molecule has 7 nitrogen and oxygen atoms in total. The van der Waals surface area contributed by atoms with Crippen molar-refractivity contribution in [2.45, 2.75) is 43.5 Å². The van der Waals surface area contributed by atoms with Crippen LogP contribution < -0.4 is 5.32 Å². The number of halogens is 3. The average Bonchev–Trinajstić information content (AvgIpc) is 3.17. The molecule has 0 radical (unpaired) electrons. The van der Waals surface area contributed by atoms with Crippen LogP contribution >= 0.6 is 0 Å². The Morgan fingerprint density at radius 2 is 1.97 bits per heavy atom. The molecule has 2 aromatic heterocycles. The fourth-order valence-electron chi connectivity index (χ4n) is 3.71. The third-order valence-electron chi connectivity index (χ3n) is 5.47. The molecule has 0 aliphatic heterocycles. The number of benzene rings is 1. The van der Waals surface area contributed by atoms with Crippen LogP contribution in [-0.4, -0.2) is 37.7 Å². The highest BCUT2D eigenvalue weighted by Crippen LogP contribution is 2.34. The van der Waals surface area contributed by atoms with Crippen molar-refractivity contribution >= 4 is 28.8 Å². The number of anilines is 1. The Balaban J connectivity index is 1.50. The van der Waals surface area contributed by atoms with Crippen LogP contribution in [0, 0.1) is 0 Å². The van der Waals surface area contributed by atoms with Crippen LogP contribution in [0.5, 0.6) is 0 Å². The molecule has 0 saturated heterocycles. The van der Waals surface area contributed by atoms with Gasteiger partial charge >= 0.3 is 6.18 Å². The molecule has 1 amide bonds. The van der Waals surface area contributed by atoms with Crippen LogP contribution in [-0.2, 0) is 11.0 Å². The Labute approximate surface area is 174 Å². The summed E-state index contributed by atoms with van der Waals surface area (Å²) in [5.41, 5.74) is -1.65. The monoisotopic (exact) mass is 432 g/mol. The quantitative estimate of drug-likeness (QED) is 0.612. The molecule has 162 valence electrons. The van der Waals surface area contributed by atoms with E-state index in [-0.39, 0.29) is 11.7 Å². The van der Waals surface area contributed by atoms with Crippen molar-refractivity contribution in [2.75, 3.05) is 5.32 Å². The Kier molecular flexibility index (Phi) is 5.26. The van der Waals surface area contributed by atoms with Crippen LogP contribution in [0.2, 0.25) is 0 Å². The second-order valence-corrected chi connectivity index (χ2v) is 7.70. The van der Waals surface area contributed by atoms with Gasteiger partial charge in [0.1, 0.15) is 17.0 Å². The number of alkyl halides is 3. The van der Waals surface area contributed by atoms with Crippen molar-refractivity contribution in [1.82, 2.24) is 14.8 Å². The summed E-state index contributed by atoms with van der Waals surface area (Å²) in [7, 11) is 0. The van der Waals surface area contributed by atoms with Gasteiger partial charge in [-0.15, -0.1) is 0 Å². The first kappa shape index (κ1) is 21.0. The first-order chi connectivity index (χ1) is 14.7. The maximum Gasteiger partial charge on any atom is 0.433 e. The summed E-state index contributed by atoms with van der Waals surface area (Å²) in [6.07, 6.45) is -0.293. The van der Waals surface area contributed by atoms with E-state index in [0.29, 0.717) is 43.2 Å². The minimum atomic E-state index is -4.63. The molecule has 4 rings (SSSR count). The molecule has 1 aliphatic carbocycles. The van der Waals surface area contributed by atoms with Crippen molar-refractivity contribution in [2.24, 2.45) is 0 Å². The molecule has 0 unspecified atom stereocenters. The number of aromatic nitrogens is 3. The van der Waals surface area contributed by atoms with Crippen molar-refractivity contribution in [1.29, 1.82) is 0 Å². The Bertz CT molecular complexity index is 1130. The number of pyridine rings is 1. The number of carbonyl (C=O) groups is 2. The third-order valence-corrected chi connectivity index (χ3v) is 5.47. The van der Waals surface area contributed by atoms with Crippen molar-refractivity contribution in [3.8, 4) is 0 Å². The topological polar surface area (TPSA) is 97.1 Å². The summed E-state index contributed by atoms with van der Waals surface area (Å²) in [6, 6.07) is 8.18. The molecule has 31 heavy (non-hydrogen) atoms. The van der Waals surface area contributed by atoms with E-state index in [0.717, 1.165) is 17.5 Å². The zero-order chi connectivity index (χ0) is 22.2. The van der Waals surface area contributed by atoms with Gasteiger partial charge in [-0.1, -0.05) is 6.07 Å². The van der Waals surface area contributed by atoms with Crippen LogP contribution in [0.15, 0.2) is 42.6 Å². The summed E-state index contributed by atoms with van der Waals surface area (Å²) < 4.78 is 40.2. The van der Waals surface area contributed by atoms with E-state index in [1.165, 1.54) is 6.07 Å². The Morgan fingerprint density at radius 3 is 2.65 bits per heavy atom. The number of fused-ring (bicyclic) bond motifs is 1. The van der Waals surface area contributed by atoms with Gasteiger partial charge in [-0.2, -0.15) is 18.3 Å². The van der Waals surface area contributed by atoms with Gasteiger partial charge in [0.2, 0.25) is 0 Å². The number of hydrogen-bond donors (Lipinski definition) is 2. The van der Waals surface area contributed by atoms with E-state index in [1.54, 1.807) is 22.9 Å². The zero-order valence-electron chi connectivity index (χ0n) is 16.3. The lowest BCUT2D eigenvalue weighted by Gasteiger charge is -2.31. The molecule has 10 heteroatoms. The molecule has 2 heterocycles. The summed E-state index contributed by atoms with van der Waals surface area (Å²) >= 11 is 0. The molecule has 0 bridgehead atoms. The number of aliphatic hydroxyl groups is 1. The minimum Gasteiger partial charge on any atom is -0.382 e. The molecule has 1 saturated carbocycles. The number of hydrogen-bond acceptors (Lipinski definition) is 5. The van der Waals surface area contributed by atoms with Crippen LogP contribution in [0.25, 0.3) is 10.9 Å². The molecule has 1 fully saturated rings. The number of carbonyl (C=O) groups excluding carboxylic acids is 2. The van der Waals surface area contributed by atoms with E-state index >= 15 is 0 Å². The second kappa shape index (κ2) is 7.77. The molecule has 1 aliphatic rings. The molecule has 0 spiro atoms. The van der Waals surface area contributed by atoms with Gasteiger partial charge in [0, 0.05) is 17.3 Å². The lowest BCUT2D eigenvalue weighted by Crippen LogP contribution is -2.36. The molecule has 2 N–H and O–H groups in total. The van der Waals surface area contributed by atoms with Gasteiger partial charge in [-0.25, -0.2) is 4.98 Å². The summed E-state index contributed by atoms with van der Waals surface area (Å²) in [5.74, 6) is -0.752. The SMILES string of the molecule is O=CC1(O)CCC(n2cc3cc(NC(=O)c4cccc(C(F)(F)F)n4)ccc3n2)CC1. The maximum absolute atomic E-state index is 12.8. The highest BCUT2D eigenvalue weighted by atomic mass is 19.4. The van der Waals surface area contributed by atoms with Crippen molar-refractivity contribution in [3.05, 3.63) is 54.0 Å². The predicted octanol–water partition coefficient (Wildman–Crippen LogP) is 3.75. The first-order valence-corrected chi connectivity index (χ1v) is 9.70. The number of nitrogens with one attached hydrogen (secondary N) is 1. The predicted molar refractivity (Wildman–Crippen MR) is 105 cm³/mol. The maximum atomic E-state index is 12.8. The summed E-state index contributed by atoms with van der Waals surface area (Å²) in [4.78, 5) is 26.7. The molecule has 0 atom stereocenters. The van der Waals surface area contributed by atoms with Gasteiger partial charge in [0.25, 0.3) is 5.91 Å². The number of amides is 1. The highest BCUT2D eigenvalue weighted by Gasteiger charge is 2.34. The molecule has 1 aromatic carbocycles. The molecular weight excluding hydrogens is 413 g/mol. The van der Waals surface area contributed by atoms with E-state index in [4.69, 9.17) is 0 Å². The van der Waals surface area contributed by atoms with E-state index in [9.17, 15) is 27.9 Å². The van der Waals surface area contributed by atoms with Crippen LogP contribution in [0.1, 0.15) is 47.9 Å². The van der Waals surface area contributed by atoms with Crippen LogP contribution in [0.4, 0.5) is 18.9 Å². The molecular formula is C21H19F3N4O3. The van der Waals surface area contributed by atoms with Gasteiger partial charge in [0.05, 0.1) is 11.6 Å². The largest absolute Gasteiger partial charge is 0.433 e. The van der Waals surface area contributed by atoms with Gasteiger partial charge < -0.3 is 15.2 Å². The van der Waals surface area contributed by atoms with Gasteiger partial charge in [-0.3, -0.25) is 9.48 Å².